The molecule has 74 valence electrons. The van der Waals surface area contributed by atoms with E-state index >= 15 is 0 Å². The number of carboxylic acids is 1. The average molecular weight is 191 g/mol. The molecule has 0 amide bonds. The number of nitrogens with zero attached hydrogens (tertiary/aromatic N) is 1. The maximum atomic E-state index is 10.2. The van der Waals surface area contributed by atoms with E-state index in [-0.39, 0.29) is 0 Å². The van der Waals surface area contributed by atoms with Crippen molar-refractivity contribution < 1.29 is 9.90 Å². The van der Waals surface area contributed by atoms with Crippen LogP contribution in [-0.2, 0) is 11.3 Å². The molecule has 0 radical (unpaired) electrons. The fraction of sp³-hybridized carbons (Fsp3) is 0.182. The second kappa shape index (κ2) is 5.07. The first kappa shape index (κ1) is 10.3. The minimum atomic E-state index is -0.926. The first-order valence-corrected chi connectivity index (χ1v) is 4.34. The number of rotatable bonds is 4. The lowest BCUT2D eigenvalue weighted by atomic mass is 10.2. The Hall–Kier alpha value is -1.77. The quantitative estimate of drug-likeness (QED) is 0.736. The maximum absolute atomic E-state index is 10.2. The summed E-state index contributed by atoms with van der Waals surface area (Å²) in [5.41, 5.74) is 1.16. The van der Waals surface area contributed by atoms with Crippen LogP contribution in [0.4, 0.5) is 0 Å². The summed E-state index contributed by atoms with van der Waals surface area (Å²) in [6, 6.07) is 9.89. The summed E-state index contributed by atoms with van der Waals surface area (Å²) in [7, 11) is 1.84. The van der Waals surface area contributed by atoms with Crippen molar-refractivity contribution in [2.75, 3.05) is 7.05 Å². The van der Waals surface area contributed by atoms with Gasteiger partial charge in [-0.2, -0.15) is 0 Å². The molecule has 0 aliphatic rings. The highest BCUT2D eigenvalue weighted by Gasteiger charge is 1.94. The van der Waals surface area contributed by atoms with E-state index in [1.54, 1.807) is 6.20 Å². The largest absolute Gasteiger partial charge is 0.478 e. The van der Waals surface area contributed by atoms with E-state index < -0.39 is 5.97 Å². The highest BCUT2D eigenvalue weighted by Crippen LogP contribution is 2.02. The fourth-order valence-corrected chi connectivity index (χ4v) is 1.12. The Morgan fingerprint density at radius 1 is 1.43 bits per heavy atom. The van der Waals surface area contributed by atoms with Crippen LogP contribution >= 0.6 is 0 Å². The lowest BCUT2D eigenvalue weighted by Crippen LogP contribution is -2.10. The molecule has 3 nitrogen and oxygen atoms in total. The molecule has 0 heterocycles. The normalized spacial score (nSPS) is 10.4. The smallest absolute Gasteiger partial charge is 0.329 e. The summed E-state index contributed by atoms with van der Waals surface area (Å²) in [5.74, 6) is -0.926. The van der Waals surface area contributed by atoms with Crippen molar-refractivity contribution in [2.45, 2.75) is 6.54 Å². The second-order valence-corrected chi connectivity index (χ2v) is 3.05. The first-order chi connectivity index (χ1) is 6.68. The molecule has 0 spiro atoms. The minimum absolute atomic E-state index is 0.713. The van der Waals surface area contributed by atoms with Crippen LogP contribution in [0.15, 0.2) is 42.6 Å². The Morgan fingerprint density at radius 2 is 2.07 bits per heavy atom. The minimum Gasteiger partial charge on any atom is -0.478 e. The van der Waals surface area contributed by atoms with Crippen molar-refractivity contribution in [1.82, 2.24) is 4.90 Å². The standard InChI is InChI=1S/C11H13NO2/c1-12(8-7-11(13)14)9-10-5-3-2-4-6-10/h2-8H,9H2,1H3,(H,13,14). The van der Waals surface area contributed by atoms with E-state index in [9.17, 15) is 4.79 Å². The number of aliphatic carboxylic acids is 1. The lowest BCUT2D eigenvalue weighted by Gasteiger charge is -2.12. The van der Waals surface area contributed by atoms with Gasteiger partial charge < -0.3 is 10.0 Å². The van der Waals surface area contributed by atoms with E-state index in [1.165, 1.54) is 0 Å². The van der Waals surface area contributed by atoms with Gasteiger partial charge in [0.15, 0.2) is 0 Å². The first-order valence-electron chi connectivity index (χ1n) is 4.34. The topological polar surface area (TPSA) is 40.5 Å². The third-order valence-electron chi connectivity index (χ3n) is 1.75. The average Bonchev–Trinajstić information content (AvgIpc) is 2.16. The van der Waals surface area contributed by atoms with E-state index in [0.29, 0.717) is 6.54 Å². The van der Waals surface area contributed by atoms with Gasteiger partial charge in [0.1, 0.15) is 0 Å². The zero-order valence-electron chi connectivity index (χ0n) is 8.05. The van der Waals surface area contributed by atoms with Gasteiger partial charge in [-0.1, -0.05) is 30.3 Å². The monoisotopic (exact) mass is 191 g/mol. The molecule has 3 heteroatoms. The molecule has 0 saturated heterocycles. The SMILES string of the molecule is CN(C=CC(=O)O)Cc1ccccc1. The Morgan fingerprint density at radius 3 is 2.64 bits per heavy atom. The van der Waals surface area contributed by atoms with Gasteiger partial charge in [0.2, 0.25) is 0 Å². The van der Waals surface area contributed by atoms with Crippen molar-refractivity contribution >= 4 is 5.97 Å². The van der Waals surface area contributed by atoms with Crippen LogP contribution in [0, 0.1) is 0 Å². The van der Waals surface area contributed by atoms with Gasteiger partial charge in [0.25, 0.3) is 0 Å². The Kier molecular flexibility index (Phi) is 3.73. The van der Waals surface area contributed by atoms with Crippen LogP contribution in [-0.4, -0.2) is 23.0 Å². The highest BCUT2D eigenvalue weighted by atomic mass is 16.4. The summed E-state index contributed by atoms with van der Waals surface area (Å²) in [6.45, 7) is 0.713. The lowest BCUT2D eigenvalue weighted by molar-refractivity contribution is -0.131. The molecule has 1 N–H and O–H groups in total. The molecule has 14 heavy (non-hydrogen) atoms. The van der Waals surface area contributed by atoms with E-state index in [0.717, 1.165) is 11.6 Å². The van der Waals surface area contributed by atoms with Crippen molar-refractivity contribution in [1.29, 1.82) is 0 Å². The van der Waals surface area contributed by atoms with Gasteiger partial charge in [-0.15, -0.1) is 0 Å². The summed E-state index contributed by atoms with van der Waals surface area (Å²) in [6.07, 6.45) is 2.68. The van der Waals surface area contributed by atoms with Crippen molar-refractivity contribution in [3.05, 3.63) is 48.2 Å². The molecular weight excluding hydrogens is 178 g/mol. The summed E-state index contributed by atoms with van der Waals surface area (Å²) < 4.78 is 0. The van der Waals surface area contributed by atoms with Crippen LogP contribution in [0.5, 0.6) is 0 Å². The number of benzene rings is 1. The van der Waals surface area contributed by atoms with Gasteiger partial charge in [0, 0.05) is 25.9 Å². The van der Waals surface area contributed by atoms with Gasteiger partial charge in [-0.3, -0.25) is 0 Å². The van der Waals surface area contributed by atoms with Crippen molar-refractivity contribution in [2.24, 2.45) is 0 Å². The highest BCUT2D eigenvalue weighted by molar-refractivity contribution is 5.79. The summed E-state index contributed by atoms with van der Waals surface area (Å²) >= 11 is 0. The summed E-state index contributed by atoms with van der Waals surface area (Å²) in [5, 5.41) is 8.41. The molecule has 1 rings (SSSR count). The third-order valence-corrected chi connectivity index (χ3v) is 1.75. The second-order valence-electron chi connectivity index (χ2n) is 3.05. The fourth-order valence-electron chi connectivity index (χ4n) is 1.12. The zero-order chi connectivity index (χ0) is 10.4. The van der Waals surface area contributed by atoms with Gasteiger partial charge in [-0.05, 0) is 5.56 Å². The molecule has 1 aromatic carbocycles. The van der Waals surface area contributed by atoms with E-state index in [2.05, 4.69) is 0 Å². The van der Waals surface area contributed by atoms with E-state index in [1.807, 2.05) is 42.3 Å². The third kappa shape index (κ3) is 3.76. The van der Waals surface area contributed by atoms with Crippen LogP contribution in [0.3, 0.4) is 0 Å². The maximum Gasteiger partial charge on any atom is 0.329 e. The molecule has 0 saturated carbocycles. The van der Waals surface area contributed by atoms with Crippen LogP contribution in [0.25, 0.3) is 0 Å². The predicted octanol–water partition coefficient (Wildman–Crippen LogP) is 1.72. The Bertz CT molecular complexity index is 319. The molecule has 0 unspecified atom stereocenters. The van der Waals surface area contributed by atoms with Crippen LogP contribution < -0.4 is 0 Å². The number of hydrogen-bond donors (Lipinski definition) is 1. The number of carbonyl (C=O) groups is 1. The number of hydrogen-bond acceptors (Lipinski definition) is 2. The molecule has 0 aliphatic heterocycles. The van der Waals surface area contributed by atoms with Crippen molar-refractivity contribution in [3.63, 3.8) is 0 Å². The summed E-state index contributed by atoms with van der Waals surface area (Å²) in [4.78, 5) is 12.1. The van der Waals surface area contributed by atoms with Crippen molar-refractivity contribution in [3.8, 4) is 0 Å². The van der Waals surface area contributed by atoms with Crippen LogP contribution in [0.1, 0.15) is 5.56 Å². The molecule has 1 aromatic rings. The molecule has 0 fully saturated rings. The predicted molar refractivity (Wildman–Crippen MR) is 54.7 cm³/mol. The number of carboxylic acid groups (broad SMARTS) is 1. The Balaban J connectivity index is 2.49. The van der Waals surface area contributed by atoms with Gasteiger partial charge >= 0.3 is 5.97 Å². The molecule has 0 bridgehead atoms. The Labute approximate surface area is 83.3 Å². The molecule has 0 aromatic heterocycles. The van der Waals surface area contributed by atoms with Crippen LogP contribution in [0.2, 0.25) is 0 Å². The zero-order valence-corrected chi connectivity index (χ0v) is 8.05. The van der Waals surface area contributed by atoms with Gasteiger partial charge in [-0.25, -0.2) is 4.79 Å². The molecule has 0 aliphatic carbocycles. The molecule has 0 atom stereocenters. The van der Waals surface area contributed by atoms with E-state index in [4.69, 9.17) is 5.11 Å². The molecular formula is C11H13NO2. The van der Waals surface area contributed by atoms with Gasteiger partial charge in [0.05, 0.1) is 0 Å².